The van der Waals surface area contributed by atoms with Gasteiger partial charge in [-0.15, -0.1) is 0 Å². The Kier molecular flexibility index (Phi) is 23.5. The van der Waals surface area contributed by atoms with E-state index in [1.807, 2.05) is 12.1 Å². The summed E-state index contributed by atoms with van der Waals surface area (Å²) in [6, 6.07) is 9.70. The average molecular weight is 609 g/mol. The Morgan fingerprint density at radius 3 is 1.26 bits per heavy atom. The maximum absolute atomic E-state index is 12.0. The molecule has 0 aliphatic carbocycles. The van der Waals surface area contributed by atoms with Gasteiger partial charge in [0, 0.05) is 0 Å². The maximum Gasteiger partial charge on any atom is 1.00 e. The summed E-state index contributed by atoms with van der Waals surface area (Å²) in [5.41, 5.74) is 2.21. The summed E-state index contributed by atoms with van der Waals surface area (Å²) in [6.07, 6.45) is 32.3. The second-order valence-electron chi connectivity index (χ2n) is 12.5. The van der Waals surface area contributed by atoms with Gasteiger partial charge in [0.25, 0.3) is 0 Å². The van der Waals surface area contributed by atoms with Gasteiger partial charge in [-0.25, -0.2) is 8.42 Å². The largest absolute Gasteiger partial charge is 1.00 e. The fourth-order valence-corrected chi connectivity index (χ4v) is 6.86. The van der Waals surface area contributed by atoms with Crippen molar-refractivity contribution >= 4 is 20.9 Å². The molecule has 2 rings (SSSR count). The molecule has 0 amide bonds. The van der Waals surface area contributed by atoms with E-state index in [0.717, 1.165) is 43.1 Å². The van der Waals surface area contributed by atoms with Gasteiger partial charge in [-0.05, 0) is 53.6 Å². The van der Waals surface area contributed by atoms with Gasteiger partial charge in [0.1, 0.15) is 10.1 Å². The van der Waals surface area contributed by atoms with Crippen LogP contribution >= 0.6 is 0 Å². The Balaban J connectivity index is 0.00000882. The molecule has 42 heavy (non-hydrogen) atoms. The van der Waals surface area contributed by atoms with E-state index in [4.69, 9.17) is 0 Å². The number of benzene rings is 2. The molecule has 2 aromatic rings. The molecule has 0 unspecified atom stereocenters. The van der Waals surface area contributed by atoms with Crippen molar-refractivity contribution in [1.82, 2.24) is 0 Å². The summed E-state index contributed by atoms with van der Waals surface area (Å²) in [4.78, 5) is -0.0538. The Bertz CT molecular complexity index is 1050. The van der Waals surface area contributed by atoms with Crippen molar-refractivity contribution < 1.29 is 42.5 Å². The first kappa shape index (κ1) is 39.6. The molecule has 0 fully saturated rings. The molecule has 5 heteroatoms. The molecule has 0 spiro atoms. The molecule has 0 aromatic heterocycles. The van der Waals surface area contributed by atoms with Gasteiger partial charge >= 0.3 is 29.6 Å². The van der Waals surface area contributed by atoms with Crippen molar-refractivity contribution in [3.8, 4) is 0 Å². The van der Waals surface area contributed by atoms with E-state index in [-0.39, 0.29) is 34.5 Å². The third kappa shape index (κ3) is 17.8. The molecule has 2 aromatic carbocycles. The standard InChI is InChI=1S/C37H62O3S.Na/c1-3-5-7-9-11-12-13-14-15-16-17-18-19-21-22-24-26-33-28-29-36-35(30-33)31-34(32-37(36)41(38,39)40)27-25-23-20-10-8-6-4-2;/h28-32H,3-27H2,1-2H3,(H,38,39,40);/q;+1/p-1. The van der Waals surface area contributed by atoms with Gasteiger partial charge in [-0.1, -0.05) is 173 Å². The van der Waals surface area contributed by atoms with Crippen molar-refractivity contribution in [3.63, 3.8) is 0 Å². The predicted molar refractivity (Wildman–Crippen MR) is 177 cm³/mol. The van der Waals surface area contributed by atoms with Gasteiger partial charge < -0.3 is 4.55 Å². The molecule has 234 valence electrons. The molecular formula is C37H61NaO3S. The number of rotatable bonds is 26. The molecule has 0 heterocycles. The van der Waals surface area contributed by atoms with E-state index in [0.29, 0.717) is 5.39 Å². The molecule has 0 saturated carbocycles. The molecule has 0 radical (unpaired) electrons. The van der Waals surface area contributed by atoms with Crippen molar-refractivity contribution in [2.75, 3.05) is 0 Å². The topological polar surface area (TPSA) is 57.2 Å². The summed E-state index contributed by atoms with van der Waals surface area (Å²) >= 11 is 0. The monoisotopic (exact) mass is 608 g/mol. The fraction of sp³-hybridized carbons (Fsp3) is 0.730. The predicted octanol–water partition coefficient (Wildman–Crippen LogP) is 8.85. The zero-order valence-electron chi connectivity index (χ0n) is 27.7. The number of fused-ring (bicyclic) bond motifs is 1. The first-order valence-corrected chi connectivity index (χ1v) is 18.9. The molecule has 0 atom stereocenters. The molecule has 0 bridgehead atoms. The van der Waals surface area contributed by atoms with Crippen LogP contribution in [0, 0.1) is 0 Å². The van der Waals surface area contributed by atoms with Crippen molar-refractivity contribution in [2.45, 2.75) is 179 Å². The van der Waals surface area contributed by atoms with Crippen LogP contribution in [0.5, 0.6) is 0 Å². The number of unbranched alkanes of at least 4 members (excludes halogenated alkanes) is 21. The van der Waals surface area contributed by atoms with Crippen LogP contribution in [0.25, 0.3) is 10.8 Å². The zero-order chi connectivity index (χ0) is 29.6. The minimum atomic E-state index is -4.50. The van der Waals surface area contributed by atoms with E-state index in [9.17, 15) is 13.0 Å². The van der Waals surface area contributed by atoms with E-state index < -0.39 is 10.1 Å². The van der Waals surface area contributed by atoms with Crippen LogP contribution in [0.2, 0.25) is 0 Å². The summed E-state index contributed by atoms with van der Waals surface area (Å²) in [5.74, 6) is 0. The number of hydrogen-bond acceptors (Lipinski definition) is 3. The number of hydrogen-bond donors (Lipinski definition) is 0. The third-order valence-electron chi connectivity index (χ3n) is 8.70. The van der Waals surface area contributed by atoms with Crippen LogP contribution < -0.4 is 29.6 Å². The Hall–Kier alpha value is -0.390. The second kappa shape index (κ2) is 24.9. The SMILES string of the molecule is CCCCCCCCCCCCCCCCCCc1ccc2c(S(=O)(=O)[O-])cc(CCCCCCCCC)cc2c1.[Na+]. The minimum Gasteiger partial charge on any atom is -0.744 e. The van der Waals surface area contributed by atoms with E-state index in [1.165, 1.54) is 134 Å². The van der Waals surface area contributed by atoms with E-state index in [1.54, 1.807) is 6.07 Å². The van der Waals surface area contributed by atoms with Crippen LogP contribution in [0.4, 0.5) is 0 Å². The van der Waals surface area contributed by atoms with E-state index >= 15 is 0 Å². The van der Waals surface area contributed by atoms with E-state index in [2.05, 4.69) is 26.0 Å². The van der Waals surface area contributed by atoms with Crippen LogP contribution in [0.15, 0.2) is 35.2 Å². The Labute approximate surface area is 282 Å². The molecule has 0 saturated heterocycles. The summed E-state index contributed by atoms with van der Waals surface area (Å²) < 4.78 is 36.1. The zero-order valence-corrected chi connectivity index (χ0v) is 30.5. The second-order valence-corrected chi connectivity index (χ2v) is 13.9. The van der Waals surface area contributed by atoms with Gasteiger partial charge in [0.15, 0.2) is 0 Å². The first-order valence-electron chi connectivity index (χ1n) is 17.5. The molecule has 0 aliphatic heterocycles. The van der Waals surface area contributed by atoms with Crippen LogP contribution in [-0.4, -0.2) is 13.0 Å². The van der Waals surface area contributed by atoms with Crippen LogP contribution in [0.3, 0.4) is 0 Å². The quantitative estimate of drug-likeness (QED) is 0.0609. The molecular weight excluding hydrogens is 547 g/mol. The van der Waals surface area contributed by atoms with Crippen LogP contribution in [-0.2, 0) is 23.0 Å². The molecule has 0 N–H and O–H groups in total. The smallest absolute Gasteiger partial charge is 0.744 e. The minimum absolute atomic E-state index is 0. The summed E-state index contributed by atoms with van der Waals surface area (Å²) in [6.45, 7) is 4.51. The van der Waals surface area contributed by atoms with Crippen molar-refractivity contribution in [3.05, 3.63) is 41.5 Å². The Morgan fingerprint density at radius 2 is 0.857 bits per heavy atom. The first-order chi connectivity index (χ1) is 20.0. The molecule has 0 aliphatic rings. The van der Waals surface area contributed by atoms with Gasteiger partial charge in [0.2, 0.25) is 0 Å². The summed E-state index contributed by atoms with van der Waals surface area (Å²) in [7, 11) is -4.50. The normalized spacial score (nSPS) is 11.7. The number of aryl methyl sites for hydroxylation is 2. The van der Waals surface area contributed by atoms with Crippen molar-refractivity contribution in [2.24, 2.45) is 0 Å². The van der Waals surface area contributed by atoms with Gasteiger partial charge in [-0.2, -0.15) is 0 Å². The average Bonchev–Trinajstić information content (AvgIpc) is 2.95. The van der Waals surface area contributed by atoms with Crippen molar-refractivity contribution in [1.29, 1.82) is 0 Å². The van der Waals surface area contributed by atoms with Gasteiger partial charge in [0.05, 0.1) is 4.90 Å². The maximum atomic E-state index is 12.0. The Morgan fingerprint density at radius 1 is 0.500 bits per heavy atom. The summed E-state index contributed by atoms with van der Waals surface area (Å²) in [5, 5.41) is 1.47. The van der Waals surface area contributed by atoms with Crippen LogP contribution in [0.1, 0.15) is 173 Å². The fourth-order valence-electron chi connectivity index (χ4n) is 6.11. The van der Waals surface area contributed by atoms with Gasteiger partial charge in [-0.3, -0.25) is 0 Å². The third-order valence-corrected chi connectivity index (χ3v) is 9.57. The molecule has 3 nitrogen and oxygen atoms in total.